The summed E-state index contributed by atoms with van der Waals surface area (Å²) in [5, 5.41) is 9.01. The lowest BCUT2D eigenvalue weighted by Gasteiger charge is -2.11. The van der Waals surface area contributed by atoms with Crippen molar-refractivity contribution in [2.75, 3.05) is 18.6 Å². The third kappa shape index (κ3) is 3.98. The SMILES string of the molecule is CSCCOc1c(Br)cc(CO)cc1Br. The second-order valence-corrected chi connectivity index (χ2v) is 5.58. The Morgan fingerprint density at radius 3 is 2.40 bits per heavy atom. The number of benzene rings is 1. The van der Waals surface area contributed by atoms with Gasteiger partial charge >= 0.3 is 0 Å². The van der Waals surface area contributed by atoms with Crippen LogP contribution in [0, 0.1) is 0 Å². The van der Waals surface area contributed by atoms with Crippen LogP contribution in [-0.4, -0.2) is 23.7 Å². The predicted molar refractivity (Wildman–Crippen MR) is 71.6 cm³/mol. The van der Waals surface area contributed by atoms with Gasteiger partial charge in [-0.15, -0.1) is 0 Å². The van der Waals surface area contributed by atoms with Gasteiger partial charge in [-0.3, -0.25) is 0 Å². The maximum atomic E-state index is 9.01. The van der Waals surface area contributed by atoms with Crippen molar-refractivity contribution >= 4 is 43.6 Å². The molecule has 0 saturated heterocycles. The molecule has 0 bridgehead atoms. The monoisotopic (exact) mass is 354 g/mol. The lowest BCUT2D eigenvalue weighted by Crippen LogP contribution is -2.01. The van der Waals surface area contributed by atoms with Crippen molar-refractivity contribution in [1.82, 2.24) is 0 Å². The maximum absolute atomic E-state index is 9.01. The van der Waals surface area contributed by atoms with E-state index in [1.165, 1.54) is 0 Å². The van der Waals surface area contributed by atoms with Crippen molar-refractivity contribution in [1.29, 1.82) is 0 Å². The summed E-state index contributed by atoms with van der Waals surface area (Å²) in [5.41, 5.74) is 0.853. The Bertz CT molecular complexity index is 308. The van der Waals surface area contributed by atoms with Crippen molar-refractivity contribution in [2.45, 2.75) is 6.61 Å². The summed E-state index contributed by atoms with van der Waals surface area (Å²) in [6.07, 6.45) is 2.04. The minimum atomic E-state index is 0.0301. The molecule has 0 radical (unpaired) electrons. The Kier molecular flexibility index (Phi) is 6.04. The van der Waals surface area contributed by atoms with E-state index in [-0.39, 0.29) is 6.61 Å². The molecule has 0 fully saturated rings. The summed E-state index contributed by atoms with van der Waals surface area (Å²) in [5.74, 6) is 1.75. The van der Waals surface area contributed by atoms with Gasteiger partial charge in [0.1, 0.15) is 5.75 Å². The third-order valence-corrected chi connectivity index (χ3v) is 3.53. The molecular weight excluding hydrogens is 344 g/mol. The molecular formula is C10H12Br2O2S. The summed E-state index contributed by atoms with van der Waals surface area (Å²) in [4.78, 5) is 0. The highest BCUT2D eigenvalue weighted by Gasteiger charge is 2.08. The molecule has 0 aromatic heterocycles. The fourth-order valence-corrected chi connectivity index (χ4v) is 2.83. The molecule has 1 N–H and O–H groups in total. The van der Waals surface area contributed by atoms with Crippen LogP contribution in [0.3, 0.4) is 0 Å². The Balaban J connectivity index is 2.79. The summed E-state index contributed by atoms with van der Waals surface area (Å²) in [7, 11) is 0. The van der Waals surface area contributed by atoms with Crippen LogP contribution in [0.4, 0.5) is 0 Å². The smallest absolute Gasteiger partial charge is 0.147 e. The number of ether oxygens (including phenoxy) is 1. The zero-order valence-corrected chi connectivity index (χ0v) is 12.3. The van der Waals surface area contributed by atoms with Gasteiger partial charge in [-0.2, -0.15) is 11.8 Å². The summed E-state index contributed by atoms with van der Waals surface area (Å²) < 4.78 is 7.34. The number of hydrogen-bond donors (Lipinski definition) is 1. The van der Waals surface area contributed by atoms with Gasteiger partial charge in [-0.25, -0.2) is 0 Å². The Hall–Kier alpha value is 0.290. The minimum absolute atomic E-state index is 0.0301. The maximum Gasteiger partial charge on any atom is 0.147 e. The summed E-state index contributed by atoms with van der Waals surface area (Å²) in [6, 6.07) is 3.72. The largest absolute Gasteiger partial charge is 0.490 e. The molecule has 5 heteroatoms. The fourth-order valence-electron chi connectivity index (χ4n) is 1.07. The molecule has 0 amide bonds. The summed E-state index contributed by atoms with van der Waals surface area (Å²) >= 11 is 8.58. The van der Waals surface area contributed by atoms with E-state index in [9.17, 15) is 0 Å². The molecule has 0 aliphatic carbocycles. The average Bonchev–Trinajstić information content (AvgIpc) is 2.22. The van der Waals surface area contributed by atoms with E-state index in [1.54, 1.807) is 11.8 Å². The van der Waals surface area contributed by atoms with Gasteiger partial charge in [0.15, 0.2) is 0 Å². The van der Waals surface area contributed by atoms with E-state index in [1.807, 2.05) is 18.4 Å². The molecule has 1 aromatic carbocycles. The van der Waals surface area contributed by atoms with Crippen LogP contribution in [0.5, 0.6) is 5.75 Å². The number of halogens is 2. The van der Waals surface area contributed by atoms with Gasteiger partial charge in [0.25, 0.3) is 0 Å². The number of thioether (sulfide) groups is 1. The first kappa shape index (κ1) is 13.4. The predicted octanol–water partition coefficient (Wildman–Crippen LogP) is 3.45. The first-order chi connectivity index (χ1) is 7.19. The van der Waals surface area contributed by atoms with Crippen molar-refractivity contribution < 1.29 is 9.84 Å². The van der Waals surface area contributed by atoms with Gasteiger partial charge < -0.3 is 9.84 Å². The number of hydrogen-bond acceptors (Lipinski definition) is 3. The normalized spacial score (nSPS) is 10.4. The first-order valence-electron chi connectivity index (χ1n) is 4.39. The molecule has 0 saturated carbocycles. The van der Waals surface area contributed by atoms with E-state index in [0.717, 1.165) is 26.0 Å². The molecule has 84 valence electrons. The van der Waals surface area contributed by atoms with Crippen LogP contribution >= 0.6 is 43.6 Å². The molecule has 0 unspecified atom stereocenters. The lowest BCUT2D eigenvalue weighted by atomic mass is 10.2. The van der Waals surface area contributed by atoms with Gasteiger partial charge in [0.05, 0.1) is 22.2 Å². The van der Waals surface area contributed by atoms with Crippen LogP contribution in [0.15, 0.2) is 21.1 Å². The highest BCUT2D eigenvalue weighted by molar-refractivity contribution is 9.11. The van der Waals surface area contributed by atoms with Gasteiger partial charge in [0.2, 0.25) is 0 Å². The molecule has 0 spiro atoms. The first-order valence-corrected chi connectivity index (χ1v) is 7.37. The van der Waals surface area contributed by atoms with Crippen LogP contribution < -0.4 is 4.74 Å². The minimum Gasteiger partial charge on any atom is -0.490 e. The van der Waals surface area contributed by atoms with Gasteiger partial charge in [-0.1, -0.05) is 0 Å². The Morgan fingerprint density at radius 2 is 1.93 bits per heavy atom. The fraction of sp³-hybridized carbons (Fsp3) is 0.400. The number of rotatable bonds is 5. The van der Waals surface area contributed by atoms with E-state index in [2.05, 4.69) is 31.9 Å². The van der Waals surface area contributed by atoms with E-state index in [4.69, 9.17) is 9.84 Å². The second kappa shape index (κ2) is 6.78. The zero-order chi connectivity index (χ0) is 11.3. The Morgan fingerprint density at radius 1 is 1.33 bits per heavy atom. The number of aliphatic hydroxyl groups is 1. The Labute approximate surface area is 111 Å². The summed E-state index contributed by atoms with van der Waals surface area (Å²) in [6.45, 7) is 0.707. The van der Waals surface area contributed by atoms with Gasteiger partial charge in [-0.05, 0) is 55.8 Å². The standard InChI is InChI=1S/C10H12Br2O2S/c1-15-3-2-14-10-8(11)4-7(6-13)5-9(10)12/h4-5,13H,2-3,6H2,1H3. The molecule has 1 aromatic rings. The quantitative estimate of drug-likeness (QED) is 0.820. The average molecular weight is 356 g/mol. The van der Waals surface area contributed by atoms with E-state index < -0.39 is 0 Å². The molecule has 2 nitrogen and oxygen atoms in total. The van der Waals surface area contributed by atoms with Crippen molar-refractivity contribution in [3.63, 3.8) is 0 Å². The van der Waals surface area contributed by atoms with Crippen LogP contribution in [0.2, 0.25) is 0 Å². The molecule has 1 rings (SSSR count). The molecule has 0 atom stereocenters. The highest BCUT2D eigenvalue weighted by Crippen LogP contribution is 2.34. The van der Waals surface area contributed by atoms with Crippen LogP contribution in [0.25, 0.3) is 0 Å². The van der Waals surface area contributed by atoms with Crippen molar-refractivity contribution in [2.24, 2.45) is 0 Å². The highest BCUT2D eigenvalue weighted by atomic mass is 79.9. The topological polar surface area (TPSA) is 29.5 Å². The van der Waals surface area contributed by atoms with Crippen LogP contribution in [-0.2, 0) is 6.61 Å². The molecule has 15 heavy (non-hydrogen) atoms. The van der Waals surface area contributed by atoms with Crippen molar-refractivity contribution in [3.8, 4) is 5.75 Å². The van der Waals surface area contributed by atoms with Crippen LogP contribution in [0.1, 0.15) is 5.56 Å². The lowest BCUT2D eigenvalue weighted by molar-refractivity contribution is 0.281. The second-order valence-electron chi connectivity index (χ2n) is 2.89. The third-order valence-electron chi connectivity index (χ3n) is 1.77. The van der Waals surface area contributed by atoms with E-state index in [0.29, 0.717) is 6.61 Å². The molecule has 0 heterocycles. The van der Waals surface area contributed by atoms with Gasteiger partial charge in [0, 0.05) is 5.75 Å². The number of aliphatic hydroxyl groups excluding tert-OH is 1. The molecule has 0 aliphatic rings. The molecule has 0 aliphatic heterocycles. The van der Waals surface area contributed by atoms with Crippen molar-refractivity contribution in [3.05, 3.63) is 26.6 Å². The zero-order valence-electron chi connectivity index (χ0n) is 8.30. The van der Waals surface area contributed by atoms with E-state index >= 15 is 0 Å².